The van der Waals surface area contributed by atoms with E-state index in [1.807, 2.05) is 24.3 Å². The quantitative estimate of drug-likeness (QED) is 0.805. The van der Waals surface area contributed by atoms with E-state index < -0.39 is 0 Å². The number of phenols is 1. The summed E-state index contributed by atoms with van der Waals surface area (Å²) in [7, 11) is 0. The normalized spacial score (nSPS) is 10.7. The second-order valence-corrected chi connectivity index (χ2v) is 3.06. The molecule has 0 saturated carbocycles. The minimum Gasteiger partial charge on any atom is -0.508 e. The molecule has 74 valence electrons. The zero-order valence-corrected chi connectivity index (χ0v) is 8.04. The van der Waals surface area contributed by atoms with Gasteiger partial charge in [0.15, 0.2) is 0 Å². The summed E-state index contributed by atoms with van der Waals surface area (Å²) >= 11 is 0. The number of hydrogen-bond acceptors (Lipinski definition) is 3. The van der Waals surface area contributed by atoms with Gasteiger partial charge in [0.2, 0.25) is 0 Å². The number of hydrogen-bond donors (Lipinski definition) is 1. The van der Waals surface area contributed by atoms with Crippen molar-refractivity contribution in [2.75, 3.05) is 0 Å². The molecule has 2 rings (SSSR count). The summed E-state index contributed by atoms with van der Waals surface area (Å²) in [5, 5.41) is 9.10. The van der Waals surface area contributed by atoms with Gasteiger partial charge in [-0.2, -0.15) is 0 Å². The Kier molecular flexibility index (Phi) is 2.74. The number of aromatic nitrogens is 2. The Labute approximate surface area is 87.8 Å². The minimum atomic E-state index is 0.270. The lowest BCUT2D eigenvalue weighted by atomic mass is 10.2. The molecule has 0 unspecified atom stereocenters. The van der Waals surface area contributed by atoms with Gasteiger partial charge in [0.25, 0.3) is 0 Å². The highest BCUT2D eigenvalue weighted by Crippen LogP contribution is 2.11. The van der Waals surface area contributed by atoms with Crippen molar-refractivity contribution in [3.05, 3.63) is 54.1 Å². The van der Waals surface area contributed by atoms with Crippen molar-refractivity contribution in [3.63, 3.8) is 0 Å². The van der Waals surface area contributed by atoms with Gasteiger partial charge in [-0.25, -0.2) is 0 Å². The molecule has 1 aromatic heterocycles. The van der Waals surface area contributed by atoms with Crippen LogP contribution in [-0.4, -0.2) is 15.1 Å². The molecule has 1 heterocycles. The monoisotopic (exact) mass is 198 g/mol. The van der Waals surface area contributed by atoms with E-state index in [4.69, 9.17) is 5.11 Å². The molecule has 1 N–H and O–H groups in total. The summed E-state index contributed by atoms with van der Waals surface area (Å²) in [6.45, 7) is 0. The minimum absolute atomic E-state index is 0.270. The molecule has 15 heavy (non-hydrogen) atoms. The van der Waals surface area contributed by atoms with Gasteiger partial charge in [0.1, 0.15) is 5.75 Å². The number of phenolic OH excluding ortho intramolecular Hbond substituents is 1. The summed E-state index contributed by atoms with van der Waals surface area (Å²) in [5.74, 6) is 0.270. The highest BCUT2D eigenvalue weighted by Gasteiger charge is 1.89. The van der Waals surface area contributed by atoms with Crippen molar-refractivity contribution in [3.8, 4) is 5.75 Å². The third kappa shape index (κ3) is 2.64. The third-order valence-electron chi connectivity index (χ3n) is 1.92. The SMILES string of the molecule is Oc1ccc(/C=C\c2cnccn2)cc1. The van der Waals surface area contributed by atoms with Crippen LogP contribution in [0, 0.1) is 0 Å². The summed E-state index contributed by atoms with van der Waals surface area (Å²) in [5.41, 5.74) is 1.82. The molecule has 0 spiro atoms. The molecule has 0 saturated heterocycles. The van der Waals surface area contributed by atoms with Crippen LogP contribution in [0.5, 0.6) is 5.75 Å². The molecule has 0 aliphatic carbocycles. The zero-order chi connectivity index (χ0) is 10.5. The van der Waals surface area contributed by atoms with Gasteiger partial charge in [-0.15, -0.1) is 0 Å². The molecule has 2 aromatic rings. The lowest BCUT2D eigenvalue weighted by Gasteiger charge is -1.94. The van der Waals surface area contributed by atoms with Crippen LogP contribution >= 0.6 is 0 Å². The Bertz CT molecular complexity index is 449. The van der Waals surface area contributed by atoms with Gasteiger partial charge in [0, 0.05) is 12.4 Å². The molecular weight excluding hydrogens is 188 g/mol. The molecular formula is C12H10N2O. The largest absolute Gasteiger partial charge is 0.508 e. The summed E-state index contributed by atoms with van der Waals surface area (Å²) < 4.78 is 0. The Balaban J connectivity index is 2.15. The number of aromatic hydroxyl groups is 1. The maximum atomic E-state index is 9.10. The van der Waals surface area contributed by atoms with Gasteiger partial charge in [-0.1, -0.05) is 18.2 Å². The highest BCUT2D eigenvalue weighted by molar-refractivity contribution is 5.67. The second kappa shape index (κ2) is 4.37. The van der Waals surface area contributed by atoms with Crippen LogP contribution in [0.4, 0.5) is 0 Å². The van der Waals surface area contributed by atoms with E-state index in [9.17, 15) is 0 Å². The van der Waals surface area contributed by atoms with Crippen LogP contribution in [0.15, 0.2) is 42.9 Å². The van der Waals surface area contributed by atoms with Crippen molar-refractivity contribution in [1.82, 2.24) is 9.97 Å². The number of rotatable bonds is 2. The van der Waals surface area contributed by atoms with Crippen molar-refractivity contribution < 1.29 is 5.11 Å². The Morgan fingerprint density at radius 3 is 2.47 bits per heavy atom. The van der Waals surface area contributed by atoms with Crippen LogP contribution < -0.4 is 0 Å². The first-order valence-corrected chi connectivity index (χ1v) is 4.58. The van der Waals surface area contributed by atoms with E-state index >= 15 is 0 Å². The molecule has 3 nitrogen and oxygen atoms in total. The zero-order valence-electron chi connectivity index (χ0n) is 8.04. The van der Waals surface area contributed by atoms with Crippen LogP contribution in [0.3, 0.4) is 0 Å². The maximum absolute atomic E-state index is 9.10. The Morgan fingerprint density at radius 2 is 1.80 bits per heavy atom. The van der Waals surface area contributed by atoms with Crippen molar-refractivity contribution >= 4 is 12.2 Å². The van der Waals surface area contributed by atoms with Crippen molar-refractivity contribution in [2.24, 2.45) is 0 Å². The van der Waals surface area contributed by atoms with Gasteiger partial charge in [-0.05, 0) is 23.8 Å². The first-order chi connectivity index (χ1) is 7.34. The maximum Gasteiger partial charge on any atom is 0.115 e. The molecule has 3 heteroatoms. The summed E-state index contributed by atoms with van der Waals surface area (Å²) in [6, 6.07) is 6.97. The van der Waals surface area contributed by atoms with Crippen LogP contribution in [-0.2, 0) is 0 Å². The highest BCUT2D eigenvalue weighted by atomic mass is 16.3. The van der Waals surface area contributed by atoms with Crippen molar-refractivity contribution in [1.29, 1.82) is 0 Å². The number of benzene rings is 1. The first-order valence-electron chi connectivity index (χ1n) is 4.58. The lowest BCUT2D eigenvalue weighted by Crippen LogP contribution is -1.80. The smallest absolute Gasteiger partial charge is 0.115 e. The summed E-state index contributed by atoms with van der Waals surface area (Å²) in [6.07, 6.45) is 8.77. The lowest BCUT2D eigenvalue weighted by molar-refractivity contribution is 0.475. The molecule has 0 bridgehead atoms. The molecule has 0 radical (unpaired) electrons. The van der Waals surface area contributed by atoms with Gasteiger partial charge >= 0.3 is 0 Å². The van der Waals surface area contributed by atoms with E-state index in [-0.39, 0.29) is 5.75 Å². The fourth-order valence-electron chi connectivity index (χ4n) is 1.16. The van der Waals surface area contributed by atoms with Gasteiger partial charge in [-0.3, -0.25) is 9.97 Å². The predicted molar refractivity (Wildman–Crippen MR) is 59.1 cm³/mol. The fourth-order valence-corrected chi connectivity index (χ4v) is 1.16. The van der Waals surface area contributed by atoms with Crippen molar-refractivity contribution in [2.45, 2.75) is 0 Å². The average molecular weight is 198 g/mol. The standard InChI is InChI=1S/C12H10N2O/c15-12-5-2-10(3-6-12)1-4-11-9-13-7-8-14-11/h1-9,15H/b4-1-. The first kappa shape index (κ1) is 9.40. The molecule has 1 aromatic carbocycles. The third-order valence-corrected chi connectivity index (χ3v) is 1.92. The predicted octanol–water partition coefficient (Wildman–Crippen LogP) is 2.35. The van der Waals surface area contributed by atoms with E-state index in [2.05, 4.69) is 9.97 Å². The molecule has 0 atom stereocenters. The van der Waals surface area contributed by atoms with E-state index in [0.717, 1.165) is 11.3 Å². The van der Waals surface area contributed by atoms with Crippen LogP contribution in [0.1, 0.15) is 11.3 Å². The Morgan fingerprint density at radius 1 is 1.00 bits per heavy atom. The second-order valence-electron chi connectivity index (χ2n) is 3.06. The fraction of sp³-hybridized carbons (Fsp3) is 0. The average Bonchev–Trinajstić information content (AvgIpc) is 2.30. The van der Waals surface area contributed by atoms with Gasteiger partial charge < -0.3 is 5.11 Å². The molecule has 0 aliphatic rings. The van der Waals surface area contributed by atoms with E-state index in [1.165, 1.54) is 0 Å². The molecule has 0 aliphatic heterocycles. The molecule has 0 fully saturated rings. The topological polar surface area (TPSA) is 46.0 Å². The van der Waals surface area contributed by atoms with Crippen LogP contribution in [0.2, 0.25) is 0 Å². The molecule has 0 amide bonds. The van der Waals surface area contributed by atoms with E-state index in [0.29, 0.717) is 0 Å². The Hall–Kier alpha value is -2.16. The van der Waals surface area contributed by atoms with Gasteiger partial charge in [0.05, 0.1) is 11.9 Å². The summed E-state index contributed by atoms with van der Waals surface area (Å²) in [4.78, 5) is 8.07. The van der Waals surface area contributed by atoms with Crippen LogP contribution in [0.25, 0.3) is 12.2 Å². The number of nitrogens with zero attached hydrogens (tertiary/aromatic N) is 2. The van der Waals surface area contributed by atoms with E-state index in [1.54, 1.807) is 30.7 Å².